The van der Waals surface area contributed by atoms with Crippen molar-refractivity contribution in [1.82, 2.24) is 9.80 Å². The highest BCUT2D eigenvalue weighted by molar-refractivity contribution is 5.75. The van der Waals surface area contributed by atoms with Crippen LogP contribution in [0.15, 0.2) is 48.5 Å². The summed E-state index contributed by atoms with van der Waals surface area (Å²) in [5, 5.41) is 0. The standard InChI is InChI=1S/C32H38F2N2O3/c1-31-11-2-12-32(20-38-32)28(31)17-25-26(30(37)39-27(25)18-31)19-35-13-15-36(16-14-35)29(21-3-7-23(33)8-4-21)22-5-9-24(34)10-6-22/h3-10,25-29H,2,11-20H2,1H3/t25-,26+,27+,28+,31+,32-/m0/s1. The summed E-state index contributed by atoms with van der Waals surface area (Å²) >= 11 is 0. The molecule has 3 heterocycles. The maximum absolute atomic E-state index is 13.7. The lowest BCUT2D eigenvalue weighted by atomic mass is 9.53. The molecule has 208 valence electrons. The lowest BCUT2D eigenvalue weighted by Gasteiger charge is -2.51. The summed E-state index contributed by atoms with van der Waals surface area (Å²) < 4.78 is 39.5. The number of hydrogen-bond acceptors (Lipinski definition) is 5. The van der Waals surface area contributed by atoms with Gasteiger partial charge in [-0.25, -0.2) is 8.78 Å². The van der Waals surface area contributed by atoms with E-state index in [1.54, 1.807) is 0 Å². The predicted molar refractivity (Wildman–Crippen MR) is 143 cm³/mol. The number of esters is 1. The van der Waals surface area contributed by atoms with Crippen LogP contribution in [-0.4, -0.2) is 66.8 Å². The number of nitrogens with zero attached hydrogens (tertiary/aromatic N) is 2. The highest BCUT2D eigenvalue weighted by atomic mass is 19.1. The molecule has 5 aliphatic rings. The summed E-state index contributed by atoms with van der Waals surface area (Å²) in [7, 11) is 0. The molecule has 3 saturated heterocycles. The molecule has 5 fully saturated rings. The maximum atomic E-state index is 13.7. The quantitative estimate of drug-likeness (QED) is 0.388. The minimum Gasteiger partial charge on any atom is -0.462 e. The molecule has 5 nitrogen and oxygen atoms in total. The number of carbonyl (C=O) groups excluding carboxylic acids is 1. The molecular formula is C32H38F2N2O3. The lowest BCUT2D eigenvalue weighted by molar-refractivity contribution is -0.147. The average molecular weight is 537 g/mol. The average Bonchev–Trinajstić information content (AvgIpc) is 3.63. The number of carbonyl (C=O) groups is 1. The minimum atomic E-state index is -0.265. The summed E-state index contributed by atoms with van der Waals surface area (Å²) in [6.45, 7) is 7.33. The third-order valence-corrected chi connectivity index (χ3v) is 10.7. The number of fused-ring (bicyclic) bond motifs is 3. The van der Waals surface area contributed by atoms with Crippen LogP contribution in [0.3, 0.4) is 0 Å². The van der Waals surface area contributed by atoms with Gasteiger partial charge in [-0.1, -0.05) is 31.2 Å². The molecule has 0 unspecified atom stereocenters. The molecule has 0 radical (unpaired) electrons. The van der Waals surface area contributed by atoms with Crippen molar-refractivity contribution in [3.8, 4) is 0 Å². The highest BCUT2D eigenvalue weighted by Gasteiger charge is 2.65. The molecule has 0 bridgehead atoms. The van der Waals surface area contributed by atoms with Gasteiger partial charge in [0.2, 0.25) is 0 Å². The number of piperazine rings is 1. The van der Waals surface area contributed by atoms with E-state index in [0.717, 1.165) is 69.7 Å². The Morgan fingerprint density at radius 1 is 0.949 bits per heavy atom. The maximum Gasteiger partial charge on any atom is 0.310 e. The highest BCUT2D eigenvalue weighted by Crippen LogP contribution is 2.62. The van der Waals surface area contributed by atoms with Crippen molar-refractivity contribution < 1.29 is 23.0 Å². The first-order valence-electron chi connectivity index (χ1n) is 14.7. The van der Waals surface area contributed by atoms with Crippen LogP contribution in [-0.2, 0) is 14.3 Å². The van der Waals surface area contributed by atoms with Gasteiger partial charge in [0.1, 0.15) is 17.7 Å². The van der Waals surface area contributed by atoms with Crippen LogP contribution in [0.4, 0.5) is 8.78 Å². The minimum absolute atomic E-state index is 0.0176. The molecule has 2 aliphatic carbocycles. The van der Waals surface area contributed by atoms with Crippen LogP contribution in [0.5, 0.6) is 0 Å². The van der Waals surface area contributed by atoms with E-state index in [1.165, 1.54) is 37.1 Å². The Labute approximate surface area is 229 Å². The fraction of sp³-hybridized carbons (Fsp3) is 0.594. The number of epoxide rings is 1. The second kappa shape index (κ2) is 9.64. The van der Waals surface area contributed by atoms with Crippen LogP contribution < -0.4 is 0 Å². The summed E-state index contributed by atoms with van der Waals surface area (Å²) in [5.41, 5.74) is 2.27. The Bertz CT molecular complexity index is 1160. The monoisotopic (exact) mass is 536 g/mol. The molecule has 0 N–H and O–H groups in total. The second-order valence-electron chi connectivity index (χ2n) is 12.9. The van der Waals surface area contributed by atoms with Crippen LogP contribution in [0, 0.1) is 34.8 Å². The molecule has 39 heavy (non-hydrogen) atoms. The van der Waals surface area contributed by atoms with Crippen molar-refractivity contribution in [2.24, 2.45) is 23.2 Å². The molecule has 3 aliphatic heterocycles. The first-order chi connectivity index (χ1) is 18.8. The first kappa shape index (κ1) is 25.6. The fourth-order valence-electron chi connectivity index (χ4n) is 8.55. The topological polar surface area (TPSA) is 45.3 Å². The molecule has 0 aromatic heterocycles. The van der Waals surface area contributed by atoms with Gasteiger partial charge < -0.3 is 9.47 Å². The third kappa shape index (κ3) is 4.60. The Morgan fingerprint density at radius 2 is 1.56 bits per heavy atom. The van der Waals surface area contributed by atoms with E-state index in [-0.39, 0.29) is 52.6 Å². The van der Waals surface area contributed by atoms with Gasteiger partial charge in [0.25, 0.3) is 0 Å². The lowest BCUT2D eigenvalue weighted by Crippen LogP contribution is -2.52. The van der Waals surface area contributed by atoms with E-state index in [0.29, 0.717) is 5.92 Å². The third-order valence-electron chi connectivity index (χ3n) is 10.7. The van der Waals surface area contributed by atoms with Crippen LogP contribution >= 0.6 is 0 Å². The molecule has 2 aromatic carbocycles. The number of hydrogen-bond donors (Lipinski definition) is 0. The van der Waals surface area contributed by atoms with Gasteiger partial charge in [-0.2, -0.15) is 0 Å². The van der Waals surface area contributed by atoms with Crippen LogP contribution in [0.2, 0.25) is 0 Å². The summed E-state index contributed by atoms with van der Waals surface area (Å²) in [5.74, 6) is 0.182. The van der Waals surface area contributed by atoms with E-state index < -0.39 is 0 Å². The van der Waals surface area contributed by atoms with Gasteiger partial charge in [-0.3, -0.25) is 14.6 Å². The SMILES string of the molecule is C[C@]12CCC[C@]3(CO3)[C@@H]1C[C@@H]1[C@@H](C2)OC(=O)[C@@H]1CN1CCN(C(c2ccc(F)cc2)c2ccc(F)cc2)CC1. The van der Waals surface area contributed by atoms with Crippen molar-refractivity contribution in [2.75, 3.05) is 39.3 Å². The zero-order valence-corrected chi connectivity index (χ0v) is 22.7. The Morgan fingerprint density at radius 3 is 2.15 bits per heavy atom. The fourth-order valence-corrected chi connectivity index (χ4v) is 8.55. The summed E-state index contributed by atoms with van der Waals surface area (Å²) in [6.07, 6.45) is 5.63. The number of rotatable bonds is 5. The van der Waals surface area contributed by atoms with Gasteiger partial charge >= 0.3 is 5.97 Å². The number of benzene rings is 2. The van der Waals surface area contributed by atoms with Crippen LogP contribution in [0.1, 0.15) is 56.2 Å². The van der Waals surface area contributed by atoms with Crippen molar-refractivity contribution >= 4 is 5.97 Å². The molecule has 1 spiro atoms. The molecule has 2 aromatic rings. The Balaban J connectivity index is 1.04. The zero-order valence-electron chi connectivity index (χ0n) is 22.7. The van der Waals surface area contributed by atoms with E-state index in [2.05, 4.69) is 16.7 Å². The summed E-state index contributed by atoms with van der Waals surface area (Å²) in [6, 6.07) is 13.2. The summed E-state index contributed by atoms with van der Waals surface area (Å²) in [4.78, 5) is 17.9. The van der Waals surface area contributed by atoms with Crippen molar-refractivity contribution in [1.29, 1.82) is 0 Å². The second-order valence-corrected chi connectivity index (χ2v) is 12.9. The number of ether oxygens (including phenoxy) is 2. The molecular weight excluding hydrogens is 498 g/mol. The van der Waals surface area contributed by atoms with Gasteiger partial charge in [0, 0.05) is 38.6 Å². The van der Waals surface area contributed by atoms with E-state index in [4.69, 9.17) is 9.47 Å². The van der Waals surface area contributed by atoms with Crippen molar-refractivity contribution in [3.05, 3.63) is 71.3 Å². The molecule has 0 amide bonds. The largest absolute Gasteiger partial charge is 0.462 e. The Hall–Kier alpha value is -2.35. The van der Waals surface area contributed by atoms with Gasteiger partial charge in [-0.05, 0) is 78.8 Å². The number of halogens is 2. The smallest absolute Gasteiger partial charge is 0.310 e. The Kier molecular flexibility index (Phi) is 6.33. The van der Waals surface area contributed by atoms with Gasteiger partial charge in [0.05, 0.1) is 24.2 Å². The molecule has 7 rings (SSSR count). The first-order valence-corrected chi connectivity index (χ1v) is 14.7. The molecule has 6 atom stereocenters. The van der Waals surface area contributed by atoms with Crippen molar-refractivity contribution in [3.63, 3.8) is 0 Å². The van der Waals surface area contributed by atoms with Crippen molar-refractivity contribution in [2.45, 2.75) is 56.8 Å². The van der Waals surface area contributed by atoms with E-state index in [9.17, 15) is 13.6 Å². The van der Waals surface area contributed by atoms with Gasteiger partial charge in [-0.15, -0.1) is 0 Å². The normalized spacial score (nSPS) is 36.6. The molecule has 7 heteroatoms. The predicted octanol–water partition coefficient (Wildman–Crippen LogP) is 5.20. The van der Waals surface area contributed by atoms with Crippen LogP contribution in [0.25, 0.3) is 0 Å². The van der Waals surface area contributed by atoms with E-state index >= 15 is 0 Å². The van der Waals surface area contributed by atoms with Gasteiger partial charge in [0.15, 0.2) is 0 Å². The molecule has 2 saturated carbocycles. The van der Waals surface area contributed by atoms with E-state index in [1.807, 2.05) is 24.3 Å². The zero-order chi connectivity index (χ0) is 26.8.